The highest BCUT2D eigenvalue weighted by Crippen LogP contribution is 2.46. The zero-order chi connectivity index (χ0) is 58.4. The van der Waals surface area contributed by atoms with Crippen LogP contribution in [0.5, 0.6) is 0 Å². The number of benzene rings is 9. The Balaban J connectivity index is 1.46. The van der Waals surface area contributed by atoms with Gasteiger partial charge in [0, 0.05) is 16.3 Å². The van der Waals surface area contributed by atoms with E-state index in [1.54, 1.807) is 0 Å². The van der Waals surface area contributed by atoms with Gasteiger partial charge in [0.1, 0.15) is 11.2 Å². The van der Waals surface area contributed by atoms with Gasteiger partial charge in [0.15, 0.2) is 0 Å². The molecule has 0 saturated heterocycles. The van der Waals surface area contributed by atoms with Crippen molar-refractivity contribution < 1.29 is 45.5 Å². The third-order valence-electron chi connectivity index (χ3n) is 7.81. The van der Waals surface area contributed by atoms with E-state index < -0.39 is 280 Å². The van der Waals surface area contributed by atoms with Gasteiger partial charge in [-0.15, -0.1) is 0 Å². The number of rotatable bonds is 4. The Hall–Kier alpha value is -6.44. The van der Waals surface area contributed by atoms with Crippen molar-refractivity contribution >= 4 is 54.3 Å². The summed E-state index contributed by atoms with van der Waals surface area (Å²) in [6.45, 7) is 0. The summed E-state index contributed by atoms with van der Waals surface area (Å²) in [4.78, 5) is 0. The summed E-state index contributed by atoms with van der Waals surface area (Å²) in [6, 6.07) is -28.9. The van der Waals surface area contributed by atoms with Gasteiger partial charge < -0.3 is 4.42 Å². The maximum absolute atomic E-state index is 9.91. The largest absolute Gasteiger partial charge is 0.455 e. The van der Waals surface area contributed by atoms with E-state index in [0.717, 1.165) is 0 Å². The van der Waals surface area contributed by atoms with E-state index in [0.29, 0.717) is 0 Å². The molecule has 0 saturated carbocycles. The van der Waals surface area contributed by atoms with Crippen LogP contribution in [0.3, 0.4) is 0 Å². The van der Waals surface area contributed by atoms with Crippen molar-refractivity contribution in [3.63, 3.8) is 0 Å². The normalized spacial score (nSPS) is 20.2. The Morgan fingerprint density at radius 1 is 0.327 bits per heavy atom. The van der Waals surface area contributed by atoms with Crippen molar-refractivity contribution in [1.29, 1.82) is 0 Å². The summed E-state index contributed by atoms with van der Waals surface area (Å²) < 4.78 is 276. The molecule has 10 aromatic rings. The second-order valence-electron chi connectivity index (χ2n) is 10.5. The van der Waals surface area contributed by atoms with Gasteiger partial charge >= 0.3 is 0 Å². The van der Waals surface area contributed by atoms with Gasteiger partial charge in [-0.2, -0.15) is 0 Å². The Bertz CT molecular complexity index is 4490. The van der Waals surface area contributed by atoms with Crippen molar-refractivity contribution in [2.75, 3.05) is 0 Å². The van der Waals surface area contributed by atoms with Crippen LogP contribution in [0, 0.1) is 0 Å². The fourth-order valence-corrected chi connectivity index (χ4v) is 5.72. The molecule has 10 rings (SSSR count). The first kappa shape index (κ1) is 11.1. The van der Waals surface area contributed by atoms with Gasteiger partial charge in [0.05, 0.1) is 41.1 Å². The molecule has 49 heavy (non-hydrogen) atoms. The molecule has 1 heteroatoms. The molecule has 0 aliphatic rings. The summed E-state index contributed by atoms with van der Waals surface area (Å²) in [5.41, 5.74) is -7.78. The van der Waals surface area contributed by atoms with Gasteiger partial charge in [-0.25, -0.2) is 0 Å². The summed E-state index contributed by atoms with van der Waals surface area (Å²) in [7, 11) is 0. The van der Waals surface area contributed by atoms with Crippen molar-refractivity contribution in [2.24, 2.45) is 0 Å². The molecule has 0 unspecified atom stereocenters. The first-order chi connectivity index (χ1) is 36.8. The third kappa shape index (κ3) is 4.47. The molecule has 0 atom stereocenters. The van der Waals surface area contributed by atoms with E-state index in [9.17, 15) is 13.7 Å². The molecule has 0 radical (unpaired) electrons. The van der Waals surface area contributed by atoms with E-state index >= 15 is 0 Å². The van der Waals surface area contributed by atoms with Crippen molar-refractivity contribution in [1.82, 2.24) is 0 Å². The lowest BCUT2D eigenvalue weighted by Crippen LogP contribution is -1.91. The minimum absolute atomic E-state index is 0.583. The first-order valence-electron chi connectivity index (χ1n) is 29.4. The molecule has 0 aliphatic heterocycles. The van der Waals surface area contributed by atoms with Crippen LogP contribution in [-0.2, 0) is 0 Å². The van der Waals surface area contributed by atoms with Gasteiger partial charge in [0.25, 0.3) is 0 Å². The van der Waals surface area contributed by atoms with Gasteiger partial charge in [-0.05, 0) is 95.4 Å². The standard InChI is InChI=1S/C48H30O/c1-2-13-32(14-3-1)38-22-11-23-43-44-30-37(26-27-45(44)49-48(38)43)47-41-20-8-6-18-39(41)46(40-19-7-9-21-42(40)47)36-17-10-16-34(29-36)35-25-24-31-12-4-5-15-33(31)28-35/h1-30H/i1D,2D,3D,4D,5D,6D,7D,8D,9D,10D,11D,12D,13D,14D,15D,16D,17D,18D,19D,20D,21D,22D,23D,24D,25D,26D,27D,28D,29D,30D. The maximum Gasteiger partial charge on any atom is 0.143 e. The predicted octanol–water partition coefficient (Wildman–Crippen LogP) is 13.7. The van der Waals surface area contributed by atoms with Crippen LogP contribution in [0.15, 0.2) is 186 Å². The van der Waals surface area contributed by atoms with Crippen LogP contribution in [0.1, 0.15) is 41.1 Å². The Kier molecular flexibility index (Phi) is 2.50. The van der Waals surface area contributed by atoms with Gasteiger partial charge in [-0.1, -0.05) is 157 Å². The Morgan fingerprint density at radius 2 is 0.857 bits per heavy atom. The van der Waals surface area contributed by atoms with E-state index in [1.807, 2.05) is 0 Å². The second kappa shape index (κ2) is 11.1. The average Bonchev–Trinajstić information content (AvgIpc) is 4.03. The minimum atomic E-state index is -1.11. The van der Waals surface area contributed by atoms with E-state index in [4.69, 9.17) is 31.8 Å². The molecule has 9 aromatic carbocycles. The van der Waals surface area contributed by atoms with E-state index in [2.05, 4.69) is 0 Å². The highest BCUT2D eigenvalue weighted by molar-refractivity contribution is 6.22. The summed E-state index contributed by atoms with van der Waals surface area (Å²) in [5.74, 6) is 0. The maximum atomic E-state index is 9.91. The number of para-hydroxylation sites is 1. The molecule has 1 aromatic heterocycles. The molecule has 0 aliphatic carbocycles. The number of hydrogen-bond acceptors (Lipinski definition) is 1. The lowest BCUT2D eigenvalue weighted by Gasteiger charge is -2.18. The summed E-state index contributed by atoms with van der Waals surface area (Å²) in [6.07, 6.45) is 0. The third-order valence-corrected chi connectivity index (χ3v) is 7.81. The Morgan fingerprint density at radius 3 is 1.59 bits per heavy atom. The molecule has 0 amide bonds. The molecule has 228 valence electrons. The fourth-order valence-electron chi connectivity index (χ4n) is 5.72. The van der Waals surface area contributed by atoms with E-state index in [-0.39, 0.29) is 0 Å². The topological polar surface area (TPSA) is 13.1 Å². The molecule has 0 spiro atoms. The van der Waals surface area contributed by atoms with Crippen molar-refractivity contribution in [2.45, 2.75) is 0 Å². The zero-order valence-electron chi connectivity index (χ0n) is 54.4. The monoisotopic (exact) mass is 652 g/mol. The van der Waals surface area contributed by atoms with Crippen LogP contribution in [-0.4, -0.2) is 0 Å². The van der Waals surface area contributed by atoms with Crippen LogP contribution >= 0.6 is 0 Å². The minimum Gasteiger partial charge on any atom is -0.455 e. The molecule has 0 N–H and O–H groups in total. The summed E-state index contributed by atoms with van der Waals surface area (Å²) in [5, 5.41) is -5.64. The molecule has 1 heterocycles. The fraction of sp³-hybridized carbons (Fsp3) is 0. The lowest BCUT2D eigenvalue weighted by atomic mass is 9.85. The average molecular weight is 653 g/mol. The lowest BCUT2D eigenvalue weighted by molar-refractivity contribution is 0.670. The van der Waals surface area contributed by atoms with Crippen molar-refractivity contribution in [3.05, 3.63) is 181 Å². The smallest absolute Gasteiger partial charge is 0.143 e. The predicted molar refractivity (Wildman–Crippen MR) is 208 cm³/mol. The second-order valence-corrected chi connectivity index (χ2v) is 10.5. The van der Waals surface area contributed by atoms with Gasteiger partial charge in [0.2, 0.25) is 0 Å². The van der Waals surface area contributed by atoms with Gasteiger partial charge in [-0.3, -0.25) is 0 Å². The highest BCUT2D eigenvalue weighted by atomic mass is 16.3. The molecular formula is C48H30O. The quantitative estimate of drug-likeness (QED) is 0.172. The SMILES string of the molecule is [2H]c1c([2H])c([2H])c(-c2c([2H])c([2H])c([2H])c3c2oc2c([2H])c([2H])c(-c4c5c([2H])c([2H])c([2H])c([2H])c5c(-c5c([2H])c([2H])c([2H])c(-c6c([2H])c([2H])c7c([2H])c([2H])c([2H])c([2H])c7c6[2H])c5[2H])c5c([2H])c([2H])c([2H])c([2H])c45)c([2H])c23)c([2H])c1[2H]. The molecular weight excluding hydrogens is 593 g/mol. The molecule has 0 fully saturated rings. The van der Waals surface area contributed by atoms with Crippen LogP contribution in [0.2, 0.25) is 0 Å². The zero-order valence-corrected chi connectivity index (χ0v) is 24.4. The number of fused-ring (bicyclic) bond motifs is 6. The molecule has 0 bridgehead atoms. The van der Waals surface area contributed by atoms with Crippen LogP contribution in [0.4, 0.5) is 0 Å². The summed E-state index contributed by atoms with van der Waals surface area (Å²) >= 11 is 0. The van der Waals surface area contributed by atoms with Crippen LogP contribution < -0.4 is 0 Å². The Labute approximate surface area is 326 Å². The molecule has 1 nitrogen and oxygen atoms in total. The van der Waals surface area contributed by atoms with Crippen LogP contribution in [0.25, 0.3) is 98.8 Å². The first-order valence-corrected chi connectivity index (χ1v) is 14.4. The number of furan rings is 1. The highest BCUT2D eigenvalue weighted by Gasteiger charge is 2.19. The van der Waals surface area contributed by atoms with E-state index in [1.165, 1.54) is 0 Å². The number of hydrogen-bond donors (Lipinski definition) is 0. The van der Waals surface area contributed by atoms with Crippen molar-refractivity contribution in [3.8, 4) is 44.5 Å².